The second-order valence-corrected chi connectivity index (χ2v) is 12.4. The van der Waals surface area contributed by atoms with Crippen molar-refractivity contribution in [2.75, 3.05) is 5.32 Å². The summed E-state index contributed by atoms with van der Waals surface area (Å²) in [5.74, 6) is 1.74. The van der Waals surface area contributed by atoms with Gasteiger partial charge in [0.15, 0.2) is 0 Å². The molecule has 7 aromatic rings. The predicted octanol–water partition coefficient (Wildman–Crippen LogP) is 10.6. The molecule has 4 nitrogen and oxygen atoms in total. The molecule has 0 amide bonds. The highest BCUT2D eigenvalue weighted by atomic mass is 32.2. The SMILES string of the molecule is c1ccc2c(c1)Nc1c(cccc1-c1c(-c3cccc4nc5ccccc5nc34)ccc3c1Sc1ccccc1O3)S2. The number of anilines is 2. The quantitative estimate of drug-likeness (QED) is 0.207. The van der Waals surface area contributed by atoms with Gasteiger partial charge in [-0.15, -0.1) is 0 Å². The van der Waals surface area contributed by atoms with Crippen LogP contribution in [-0.2, 0) is 0 Å². The Kier molecular flexibility index (Phi) is 5.33. The van der Waals surface area contributed by atoms with Crippen molar-refractivity contribution < 1.29 is 4.74 Å². The molecule has 0 saturated carbocycles. The number of fused-ring (bicyclic) bond motifs is 6. The molecule has 3 heterocycles. The number of hydrogen-bond donors (Lipinski definition) is 1. The molecule has 0 unspecified atom stereocenters. The van der Waals surface area contributed by atoms with Gasteiger partial charge < -0.3 is 10.1 Å². The number of benzene rings is 6. The highest BCUT2D eigenvalue weighted by molar-refractivity contribution is 8.00. The van der Waals surface area contributed by atoms with Crippen molar-refractivity contribution in [3.8, 4) is 33.8 Å². The predicted molar refractivity (Wildman–Crippen MR) is 172 cm³/mol. The minimum Gasteiger partial charge on any atom is -0.455 e. The molecule has 0 spiro atoms. The smallest absolute Gasteiger partial charge is 0.142 e. The molecule has 1 aromatic heterocycles. The van der Waals surface area contributed by atoms with E-state index in [4.69, 9.17) is 14.7 Å². The first-order valence-electron chi connectivity index (χ1n) is 13.7. The highest BCUT2D eigenvalue weighted by Gasteiger charge is 2.28. The van der Waals surface area contributed by atoms with E-state index in [9.17, 15) is 0 Å². The number of ether oxygens (including phenoxy) is 1. The fourth-order valence-electron chi connectivity index (χ4n) is 5.81. The van der Waals surface area contributed by atoms with Crippen LogP contribution in [0.3, 0.4) is 0 Å². The molecule has 0 radical (unpaired) electrons. The number of para-hydroxylation sites is 6. The minimum atomic E-state index is 0.857. The Labute approximate surface area is 250 Å². The largest absolute Gasteiger partial charge is 0.455 e. The Morgan fingerprint density at radius 2 is 1.21 bits per heavy atom. The van der Waals surface area contributed by atoms with Gasteiger partial charge in [-0.25, -0.2) is 9.97 Å². The molecule has 0 saturated heterocycles. The van der Waals surface area contributed by atoms with Crippen molar-refractivity contribution in [1.82, 2.24) is 9.97 Å². The molecule has 0 aliphatic carbocycles. The molecule has 6 aromatic carbocycles. The van der Waals surface area contributed by atoms with Crippen LogP contribution in [0.5, 0.6) is 11.5 Å². The van der Waals surface area contributed by atoms with E-state index in [-0.39, 0.29) is 0 Å². The third kappa shape index (κ3) is 3.73. The van der Waals surface area contributed by atoms with Crippen LogP contribution < -0.4 is 10.1 Å². The van der Waals surface area contributed by atoms with Crippen molar-refractivity contribution in [3.63, 3.8) is 0 Å². The van der Waals surface area contributed by atoms with E-state index in [1.807, 2.05) is 42.5 Å². The van der Waals surface area contributed by atoms with Crippen LogP contribution in [0, 0.1) is 0 Å². The monoisotopic (exact) mass is 575 g/mol. The van der Waals surface area contributed by atoms with Gasteiger partial charge >= 0.3 is 0 Å². The molecule has 6 heteroatoms. The zero-order chi connectivity index (χ0) is 27.6. The zero-order valence-electron chi connectivity index (χ0n) is 22.2. The van der Waals surface area contributed by atoms with E-state index in [1.165, 1.54) is 9.79 Å². The Hall–Kier alpha value is -4.78. The van der Waals surface area contributed by atoms with Crippen LogP contribution in [0.1, 0.15) is 0 Å². The van der Waals surface area contributed by atoms with Crippen LogP contribution in [0.4, 0.5) is 11.4 Å². The summed E-state index contributed by atoms with van der Waals surface area (Å²) >= 11 is 3.56. The van der Waals surface area contributed by atoms with Crippen LogP contribution >= 0.6 is 23.5 Å². The second kappa shape index (κ2) is 9.38. The van der Waals surface area contributed by atoms with Gasteiger partial charge in [0.05, 0.1) is 43.2 Å². The van der Waals surface area contributed by atoms with Gasteiger partial charge in [-0.05, 0) is 66.2 Å². The van der Waals surface area contributed by atoms with Gasteiger partial charge in [0.25, 0.3) is 0 Å². The Bertz CT molecular complexity index is 2230. The van der Waals surface area contributed by atoms with Crippen LogP contribution in [0.25, 0.3) is 44.3 Å². The fourth-order valence-corrected chi connectivity index (χ4v) is 7.94. The standard InChI is InChI=1S/C36H21N3OS2/c1-2-12-25-24(11-1)37-27-14-7-9-22(34(27)38-25)21-19-20-29-36(42-31-17-6-4-15-28(31)40-29)33(21)23-10-8-18-32-35(23)39-26-13-3-5-16-30(26)41-32/h1-20,39H. The average molecular weight is 576 g/mol. The van der Waals surface area contributed by atoms with Gasteiger partial charge in [0.1, 0.15) is 11.5 Å². The summed E-state index contributed by atoms with van der Waals surface area (Å²) in [7, 11) is 0. The molecule has 198 valence electrons. The maximum atomic E-state index is 6.50. The lowest BCUT2D eigenvalue weighted by atomic mass is 9.92. The number of rotatable bonds is 2. The molecule has 2 aliphatic heterocycles. The number of hydrogen-bond acceptors (Lipinski definition) is 6. The Balaban J connectivity index is 1.34. The zero-order valence-corrected chi connectivity index (χ0v) is 23.8. The molecule has 42 heavy (non-hydrogen) atoms. The molecular weight excluding hydrogens is 555 g/mol. The molecule has 2 aliphatic rings. The molecule has 1 N–H and O–H groups in total. The van der Waals surface area contributed by atoms with Gasteiger partial charge in [0.2, 0.25) is 0 Å². The van der Waals surface area contributed by atoms with Gasteiger partial charge in [-0.2, -0.15) is 0 Å². The summed E-state index contributed by atoms with van der Waals surface area (Å²) < 4.78 is 6.50. The van der Waals surface area contributed by atoms with Crippen molar-refractivity contribution in [2.24, 2.45) is 0 Å². The lowest BCUT2D eigenvalue weighted by molar-refractivity contribution is 0.455. The topological polar surface area (TPSA) is 47.0 Å². The van der Waals surface area contributed by atoms with E-state index < -0.39 is 0 Å². The maximum Gasteiger partial charge on any atom is 0.142 e. The first-order valence-corrected chi connectivity index (χ1v) is 15.4. The van der Waals surface area contributed by atoms with Crippen molar-refractivity contribution >= 4 is 57.0 Å². The molecule has 0 fully saturated rings. The number of aromatic nitrogens is 2. The van der Waals surface area contributed by atoms with E-state index in [2.05, 4.69) is 84.2 Å². The molecule has 0 atom stereocenters. The van der Waals surface area contributed by atoms with E-state index >= 15 is 0 Å². The van der Waals surface area contributed by atoms with Crippen LogP contribution in [0.2, 0.25) is 0 Å². The molecular formula is C36H21N3OS2. The normalized spacial score (nSPS) is 13.0. The van der Waals surface area contributed by atoms with Gasteiger partial charge in [0, 0.05) is 26.5 Å². The first kappa shape index (κ1) is 23.9. The summed E-state index contributed by atoms with van der Waals surface area (Å²) in [4.78, 5) is 14.7. The van der Waals surface area contributed by atoms with E-state index in [1.54, 1.807) is 23.5 Å². The third-order valence-corrected chi connectivity index (χ3v) is 10.0. The molecule has 0 bridgehead atoms. The highest BCUT2D eigenvalue weighted by Crippen LogP contribution is 2.56. The van der Waals surface area contributed by atoms with Gasteiger partial charge in [-0.3, -0.25) is 0 Å². The van der Waals surface area contributed by atoms with Gasteiger partial charge in [-0.1, -0.05) is 84.2 Å². The summed E-state index contributed by atoms with van der Waals surface area (Å²) in [5, 5.41) is 3.77. The lowest BCUT2D eigenvalue weighted by Crippen LogP contribution is -2.04. The lowest BCUT2D eigenvalue weighted by Gasteiger charge is -2.28. The fraction of sp³-hybridized carbons (Fsp3) is 0. The first-order chi connectivity index (χ1) is 20.8. The Morgan fingerprint density at radius 3 is 2.14 bits per heavy atom. The summed E-state index contributed by atoms with van der Waals surface area (Å²) in [5.41, 5.74) is 10.2. The van der Waals surface area contributed by atoms with Crippen molar-refractivity contribution in [3.05, 3.63) is 121 Å². The summed E-state index contributed by atoms with van der Waals surface area (Å²) in [6.07, 6.45) is 0. The average Bonchev–Trinajstić information content (AvgIpc) is 3.04. The Morgan fingerprint density at radius 1 is 0.500 bits per heavy atom. The van der Waals surface area contributed by atoms with Crippen molar-refractivity contribution in [2.45, 2.75) is 19.6 Å². The van der Waals surface area contributed by atoms with Crippen LogP contribution in [-0.4, -0.2) is 9.97 Å². The number of nitrogens with zero attached hydrogens (tertiary/aromatic N) is 2. The second-order valence-electron chi connectivity index (χ2n) is 10.3. The summed E-state index contributed by atoms with van der Waals surface area (Å²) in [6, 6.07) is 41.9. The maximum absolute atomic E-state index is 6.50. The number of nitrogens with one attached hydrogen (secondary N) is 1. The minimum absolute atomic E-state index is 0.857. The third-order valence-electron chi connectivity index (χ3n) is 7.72. The molecule has 9 rings (SSSR count). The van der Waals surface area contributed by atoms with Crippen molar-refractivity contribution in [1.29, 1.82) is 0 Å². The van der Waals surface area contributed by atoms with E-state index in [0.717, 1.165) is 77.0 Å². The van der Waals surface area contributed by atoms with Crippen LogP contribution in [0.15, 0.2) is 141 Å². The summed E-state index contributed by atoms with van der Waals surface area (Å²) in [6.45, 7) is 0. The van der Waals surface area contributed by atoms with E-state index in [0.29, 0.717) is 0 Å².